The second-order valence-corrected chi connectivity index (χ2v) is 7.29. The lowest BCUT2D eigenvalue weighted by atomic mass is 9.79. The smallest absolute Gasteiger partial charge is 0.121 e. The third-order valence-corrected chi connectivity index (χ3v) is 5.23. The first-order valence-electron chi connectivity index (χ1n) is 8.37. The van der Waals surface area contributed by atoms with Gasteiger partial charge in [-0.05, 0) is 54.4 Å². The van der Waals surface area contributed by atoms with E-state index in [-0.39, 0.29) is 24.5 Å². The molecule has 0 aromatic heterocycles. The highest BCUT2D eigenvalue weighted by atomic mass is 16.3. The summed E-state index contributed by atoms with van der Waals surface area (Å²) in [5.41, 5.74) is 2.92. The van der Waals surface area contributed by atoms with Gasteiger partial charge >= 0.3 is 0 Å². The van der Waals surface area contributed by atoms with Crippen molar-refractivity contribution in [1.82, 2.24) is 4.90 Å². The fourth-order valence-electron chi connectivity index (χ4n) is 4.14. The van der Waals surface area contributed by atoms with Gasteiger partial charge in [-0.1, -0.05) is 13.8 Å². The highest BCUT2D eigenvalue weighted by molar-refractivity contribution is 5.44. The lowest BCUT2D eigenvalue weighted by Crippen LogP contribution is -2.48. The predicted octanol–water partition coefficient (Wildman–Crippen LogP) is 2.21. The van der Waals surface area contributed by atoms with Gasteiger partial charge in [0.15, 0.2) is 0 Å². The largest absolute Gasteiger partial charge is 0.508 e. The molecule has 3 atom stereocenters. The molecule has 1 saturated heterocycles. The molecule has 1 aromatic carbocycles. The summed E-state index contributed by atoms with van der Waals surface area (Å²) < 4.78 is 0. The minimum atomic E-state index is -0.263. The topological polar surface area (TPSA) is 63.9 Å². The molecule has 0 saturated carbocycles. The number of aliphatic hydroxyl groups excluding tert-OH is 2. The highest BCUT2D eigenvalue weighted by Crippen LogP contribution is 2.41. The number of benzene rings is 1. The zero-order valence-corrected chi connectivity index (χ0v) is 13.5. The van der Waals surface area contributed by atoms with Crippen LogP contribution in [0.25, 0.3) is 0 Å². The molecule has 3 rings (SSSR count). The van der Waals surface area contributed by atoms with Crippen LogP contribution in [0, 0.1) is 11.8 Å². The number of hydrogen-bond donors (Lipinski definition) is 3. The van der Waals surface area contributed by atoms with E-state index in [1.165, 1.54) is 5.56 Å². The fraction of sp³-hybridized carbons (Fsp3) is 0.667. The summed E-state index contributed by atoms with van der Waals surface area (Å²) in [5.74, 6) is 1.14. The monoisotopic (exact) mass is 305 g/mol. The van der Waals surface area contributed by atoms with Crippen LogP contribution in [0.3, 0.4) is 0 Å². The second-order valence-electron chi connectivity index (χ2n) is 7.29. The van der Waals surface area contributed by atoms with Crippen molar-refractivity contribution in [3.05, 3.63) is 28.8 Å². The van der Waals surface area contributed by atoms with Crippen molar-refractivity contribution in [3.63, 3.8) is 0 Å². The predicted molar refractivity (Wildman–Crippen MR) is 85.6 cm³/mol. The molecule has 3 N–H and O–H groups in total. The molecule has 2 aliphatic rings. The number of nitrogens with zero attached hydrogens (tertiary/aromatic N) is 1. The molecule has 0 aliphatic carbocycles. The van der Waals surface area contributed by atoms with E-state index in [2.05, 4.69) is 18.7 Å². The third kappa shape index (κ3) is 2.87. The van der Waals surface area contributed by atoms with Gasteiger partial charge < -0.3 is 15.3 Å². The molecule has 122 valence electrons. The Balaban J connectivity index is 1.86. The minimum absolute atomic E-state index is 0.148. The summed E-state index contributed by atoms with van der Waals surface area (Å²) in [6.07, 6.45) is 2.48. The normalized spacial score (nSPS) is 28.5. The molecule has 1 aromatic rings. The van der Waals surface area contributed by atoms with Crippen molar-refractivity contribution in [1.29, 1.82) is 0 Å². The molecule has 1 fully saturated rings. The van der Waals surface area contributed by atoms with Crippen molar-refractivity contribution >= 4 is 0 Å². The maximum Gasteiger partial charge on any atom is 0.121 e. The van der Waals surface area contributed by atoms with E-state index in [1.54, 1.807) is 6.07 Å². The summed E-state index contributed by atoms with van der Waals surface area (Å²) >= 11 is 0. The maximum absolute atomic E-state index is 10.5. The average molecular weight is 305 g/mol. The molecular formula is C18H27NO3. The van der Waals surface area contributed by atoms with Crippen LogP contribution in [0.1, 0.15) is 49.4 Å². The van der Waals surface area contributed by atoms with Crippen LogP contribution in [0.2, 0.25) is 0 Å². The number of fused-ring (bicyclic) bond motifs is 3. The Hall–Kier alpha value is -1.10. The van der Waals surface area contributed by atoms with Crippen molar-refractivity contribution in [3.8, 4) is 5.75 Å². The molecule has 0 bridgehead atoms. The first-order chi connectivity index (χ1) is 10.5. The molecule has 4 nitrogen and oxygen atoms in total. The van der Waals surface area contributed by atoms with E-state index >= 15 is 0 Å². The molecule has 0 radical (unpaired) electrons. The van der Waals surface area contributed by atoms with Crippen molar-refractivity contribution < 1.29 is 15.3 Å². The van der Waals surface area contributed by atoms with E-state index in [9.17, 15) is 15.3 Å². The summed E-state index contributed by atoms with van der Waals surface area (Å²) in [6, 6.07) is 3.94. The molecule has 22 heavy (non-hydrogen) atoms. The van der Waals surface area contributed by atoms with Gasteiger partial charge in [0.05, 0.1) is 12.7 Å². The molecule has 2 aliphatic heterocycles. The van der Waals surface area contributed by atoms with Gasteiger partial charge in [0.2, 0.25) is 0 Å². The number of hydrogen-bond acceptors (Lipinski definition) is 4. The summed E-state index contributed by atoms with van der Waals surface area (Å²) in [5, 5.41) is 29.9. The summed E-state index contributed by atoms with van der Waals surface area (Å²) in [4.78, 5) is 2.47. The zero-order valence-electron chi connectivity index (χ0n) is 13.5. The van der Waals surface area contributed by atoms with E-state index in [1.807, 2.05) is 6.07 Å². The zero-order chi connectivity index (χ0) is 15.9. The second kappa shape index (κ2) is 6.19. The standard InChI is InChI=1S/C18H27NO3/c1-11(2)5-13-9-19-4-3-12-7-17(21)14(10-20)6-15(12)16(19)8-18(13)22/h6-7,11,13,16,18,20-22H,3-5,8-10H2,1-2H3/t13?,16-,18+/m1/s1. The van der Waals surface area contributed by atoms with Crippen LogP contribution in [0.5, 0.6) is 5.75 Å². The van der Waals surface area contributed by atoms with Crippen LogP contribution in [0.15, 0.2) is 12.1 Å². The molecule has 0 spiro atoms. The molecule has 0 amide bonds. The highest BCUT2D eigenvalue weighted by Gasteiger charge is 2.38. The van der Waals surface area contributed by atoms with Gasteiger partial charge in [0, 0.05) is 24.7 Å². The number of phenols is 1. The van der Waals surface area contributed by atoms with Crippen LogP contribution >= 0.6 is 0 Å². The summed E-state index contributed by atoms with van der Waals surface area (Å²) in [7, 11) is 0. The Morgan fingerprint density at radius 3 is 2.77 bits per heavy atom. The Kier molecular flexibility index (Phi) is 4.44. The van der Waals surface area contributed by atoms with Crippen molar-refractivity contribution in [2.24, 2.45) is 11.8 Å². The average Bonchev–Trinajstić information content (AvgIpc) is 2.47. The van der Waals surface area contributed by atoms with Crippen LogP contribution in [-0.4, -0.2) is 39.4 Å². The molecule has 1 unspecified atom stereocenters. The van der Waals surface area contributed by atoms with Gasteiger partial charge in [-0.25, -0.2) is 0 Å². The Morgan fingerprint density at radius 1 is 1.32 bits per heavy atom. The van der Waals surface area contributed by atoms with Crippen LogP contribution < -0.4 is 0 Å². The Labute approximate surface area is 132 Å². The number of aliphatic hydroxyl groups is 2. The van der Waals surface area contributed by atoms with Crippen LogP contribution in [-0.2, 0) is 13.0 Å². The maximum atomic E-state index is 10.5. The van der Waals surface area contributed by atoms with E-state index in [0.717, 1.165) is 37.9 Å². The van der Waals surface area contributed by atoms with Crippen LogP contribution in [0.4, 0.5) is 0 Å². The van der Waals surface area contributed by atoms with E-state index in [0.29, 0.717) is 17.4 Å². The van der Waals surface area contributed by atoms with Gasteiger partial charge in [0.25, 0.3) is 0 Å². The van der Waals surface area contributed by atoms with Gasteiger partial charge in [-0.3, -0.25) is 4.90 Å². The lowest BCUT2D eigenvalue weighted by molar-refractivity contribution is -0.0191. The fourth-order valence-corrected chi connectivity index (χ4v) is 4.14. The molecule has 2 heterocycles. The molecule has 4 heteroatoms. The number of piperidine rings is 1. The Bertz CT molecular complexity index is 543. The quantitative estimate of drug-likeness (QED) is 0.801. The molecular weight excluding hydrogens is 278 g/mol. The first-order valence-corrected chi connectivity index (χ1v) is 8.37. The number of rotatable bonds is 3. The SMILES string of the molecule is CC(C)CC1CN2CCc3cc(O)c(CO)cc3[C@H]2C[C@@H]1O. The number of aromatic hydroxyl groups is 1. The summed E-state index contributed by atoms with van der Waals surface area (Å²) in [6.45, 7) is 6.20. The third-order valence-electron chi connectivity index (χ3n) is 5.23. The van der Waals surface area contributed by atoms with E-state index in [4.69, 9.17) is 0 Å². The van der Waals surface area contributed by atoms with Gasteiger partial charge in [-0.15, -0.1) is 0 Å². The minimum Gasteiger partial charge on any atom is -0.508 e. The van der Waals surface area contributed by atoms with E-state index < -0.39 is 0 Å². The van der Waals surface area contributed by atoms with Gasteiger partial charge in [0.1, 0.15) is 5.75 Å². The Morgan fingerprint density at radius 2 is 2.09 bits per heavy atom. The van der Waals surface area contributed by atoms with Crippen molar-refractivity contribution in [2.45, 2.75) is 51.9 Å². The van der Waals surface area contributed by atoms with Gasteiger partial charge in [-0.2, -0.15) is 0 Å². The first kappa shape index (κ1) is 15.8. The van der Waals surface area contributed by atoms with Crippen molar-refractivity contribution in [2.75, 3.05) is 13.1 Å². The lowest BCUT2D eigenvalue weighted by Gasteiger charge is -2.46.